The quantitative estimate of drug-likeness (QED) is 0.241. The summed E-state index contributed by atoms with van der Waals surface area (Å²) >= 11 is 0. The number of hydrogen-bond acceptors (Lipinski definition) is 7. The van der Waals surface area contributed by atoms with Gasteiger partial charge in [-0.2, -0.15) is 5.10 Å². The summed E-state index contributed by atoms with van der Waals surface area (Å²) in [5.41, 5.74) is 4.66. The smallest absolute Gasteiger partial charge is 0.269 e. The molecule has 9 nitrogen and oxygen atoms in total. The number of rotatable bonds is 9. The van der Waals surface area contributed by atoms with Crippen LogP contribution >= 0.6 is 0 Å². The number of nitrogens with one attached hydrogen (secondary N) is 1. The fourth-order valence-corrected chi connectivity index (χ4v) is 3.03. The van der Waals surface area contributed by atoms with E-state index in [1.54, 1.807) is 35.8 Å². The van der Waals surface area contributed by atoms with Crippen LogP contribution in [0.5, 0.6) is 0 Å². The zero-order valence-corrected chi connectivity index (χ0v) is 17.7. The third-order valence-corrected chi connectivity index (χ3v) is 4.66. The highest BCUT2D eigenvalue weighted by molar-refractivity contribution is 5.99. The topological polar surface area (TPSA) is 112 Å². The summed E-state index contributed by atoms with van der Waals surface area (Å²) in [7, 11) is 0. The van der Waals surface area contributed by atoms with E-state index < -0.39 is 4.92 Å². The van der Waals surface area contributed by atoms with E-state index in [0.717, 1.165) is 5.56 Å². The van der Waals surface area contributed by atoms with E-state index >= 15 is 0 Å². The van der Waals surface area contributed by atoms with Gasteiger partial charge < -0.3 is 4.74 Å². The molecule has 0 bridgehead atoms. The fourth-order valence-electron chi connectivity index (χ4n) is 3.03. The van der Waals surface area contributed by atoms with Crippen molar-refractivity contribution in [3.8, 4) is 0 Å². The van der Waals surface area contributed by atoms with Crippen LogP contribution in [-0.2, 0) is 11.3 Å². The van der Waals surface area contributed by atoms with Crippen molar-refractivity contribution >= 4 is 28.3 Å². The highest BCUT2D eigenvalue weighted by atomic mass is 16.6. The van der Waals surface area contributed by atoms with Gasteiger partial charge in [0, 0.05) is 25.3 Å². The lowest BCUT2D eigenvalue weighted by Crippen LogP contribution is -2.25. The van der Waals surface area contributed by atoms with Gasteiger partial charge in [0.1, 0.15) is 0 Å². The Morgan fingerprint density at radius 3 is 2.61 bits per heavy atom. The Bertz CT molecular complexity index is 1150. The maximum atomic E-state index is 13.0. The standard InChI is InChI=1S/C22H25N5O4/c1-15(2)31-14-6-13-26-21(28)19-7-4-5-8-20(19)23-22(26)25-24-16(3)17-9-11-18(12-10-17)27(29)30/h4-5,7-12,15H,6,13-14H2,1-3H3,(H,23,25)/b24-16-. The van der Waals surface area contributed by atoms with Crippen molar-refractivity contribution in [3.63, 3.8) is 0 Å². The Morgan fingerprint density at radius 1 is 1.23 bits per heavy atom. The second kappa shape index (κ2) is 9.94. The molecule has 0 atom stereocenters. The first-order chi connectivity index (χ1) is 14.9. The molecule has 3 aromatic rings. The zero-order valence-electron chi connectivity index (χ0n) is 17.7. The number of nitrogens with zero attached hydrogens (tertiary/aromatic N) is 4. The zero-order chi connectivity index (χ0) is 22.4. The van der Waals surface area contributed by atoms with Crippen molar-refractivity contribution in [1.82, 2.24) is 9.55 Å². The minimum Gasteiger partial charge on any atom is -0.379 e. The summed E-state index contributed by atoms with van der Waals surface area (Å²) in [6.45, 7) is 6.66. The molecule has 162 valence electrons. The molecular weight excluding hydrogens is 398 g/mol. The molecular formula is C22H25N5O4. The molecule has 3 rings (SSSR count). The number of ether oxygens (including phenoxy) is 1. The van der Waals surface area contributed by atoms with Crippen molar-refractivity contribution in [2.24, 2.45) is 5.10 Å². The lowest BCUT2D eigenvalue weighted by atomic mass is 10.1. The van der Waals surface area contributed by atoms with Crippen LogP contribution in [0, 0.1) is 10.1 Å². The number of aromatic nitrogens is 2. The second-order valence-corrected chi connectivity index (χ2v) is 7.30. The molecule has 0 saturated heterocycles. The molecule has 0 fully saturated rings. The van der Waals surface area contributed by atoms with E-state index in [2.05, 4.69) is 15.5 Å². The SMILES string of the molecule is C/C(=N/Nc1nc2ccccc2c(=O)n1CCCOC(C)C)c1ccc([N+](=O)[O-])cc1. The van der Waals surface area contributed by atoms with Crippen LogP contribution in [0.1, 0.15) is 32.8 Å². The molecule has 0 unspecified atom stereocenters. The molecule has 1 aromatic heterocycles. The minimum absolute atomic E-state index is 0.0122. The van der Waals surface area contributed by atoms with Crippen molar-refractivity contribution in [3.05, 3.63) is 74.6 Å². The van der Waals surface area contributed by atoms with Gasteiger partial charge in [-0.15, -0.1) is 0 Å². The van der Waals surface area contributed by atoms with Crippen molar-refractivity contribution in [2.75, 3.05) is 12.0 Å². The van der Waals surface area contributed by atoms with Gasteiger partial charge in [-0.05, 0) is 57.0 Å². The van der Waals surface area contributed by atoms with Crippen LogP contribution in [0.3, 0.4) is 0 Å². The van der Waals surface area contributed by atoms with E-state index in [0.29, 0.717) is 42.1 Å². The Balaban J connectivity index is 1.88. The van der Waals surface area contributed by atoms with Crippen LogP contribution in [0.4, 0.5) is 11.6 Å². The largest absolute Gasteiger partial charge is 0.379 e. The number of nitro benzene ring substituents is 1. The van der Waals surface area contributed by atoms with Gasteiger partial charge in [-0.3, -0.25) is 19.5 Å². The summed E-state index contributed by atoms with van der Waals surface area (Å²) in [5.74, 6) is 0.328. The monoisotopic (exact) mass is 423 g/mol. The number of non-ortho nitro benzene ring substituents is 1. The number of anilines is 1. The van der Waals surface area contributed by atoms with E-state index in [1.807, 2.05) is 26.0 Å². The molecule has 9 heteroatoms. The van der Waals surface area contributed by atoms with Gasteiger partial charge in [-0.1, -0.05) is 12.1 Å². The third-order valence-electron chi connectivity index (χ3n) is 4.66. The van der Waals surface area contributed by atoms with Crippen LogP contribution in [0.25, 0.3) is 10.9 Å². The first kappa shape index (κ1) is 22.1. The predicted octanol–water partition coefficient (Wildman–Crippen LogP) is 3.96. The molecule has 0 aliphatic carbocycles. The van der Waals surface area contributed by atoms with Gasteiger partial charge in [0.05, 0.1) is 27.6 Å². The van der Waals surface area contributed by atoms with Crippen LogP contribution in [0.15, 0.2) is 58.4 Å². The van der Waals surface area contributed by atoms with Gasteiger partial charge in [0.2, 0.25) is 5.95 Å². The van der Waals surface area contributed by atoms with Crippen LogP contribution in [0.2, 0.25) is 0 Å². The maximum absolute atomic E-state index is 13.0. The molecule has 0 amide bonds. The maximum Gasteiger partial charge on any atom is 0.269 e. The molecule has 0 aliphatic heterocycles. The summed E-state index contributed by atoms with van der Waals surface area (Å²) in [6.07, 6.45) is 0.774. The third kappa shape index (κ3) is 5.52. The van der Waals surface area contributed by atoms with Crippen molar-refractivity contribution in [2.45, 2.75) is 39.8 Å². The van der Waals surface area contributed by atoms with Gasteiger partial charge in [0.15, 0.2) is 0 Å². The average molecular weight is 423 g/mol. The number of hydrogen-bond donors (Lipinski definition) is 1. The molecule has 1 heterocycles. The number of nitro groups is 1. The lowest BCUT2D eigenvalue weighted by Gasteiger charge is -2.14. The fraction of sp³-hybridized carbons (Fsp3) is 0.318. The average Bonchev–Trinajstić information content (AvgIpc) is 2.76. The predicted molar refractivity (Wildman–Crippen MR) is 121 cm³/mol. The number of fused-ring (bicyclic) bond motifs is 1. The lowest BCUT2D eigenvalue weighted by molar-refractivity contribution is -0.384. The number of hydrazone groups is 1. The normalized spacial score (nSPS) is 11.8. The molecule has 0 aliphatic rings. The molecule has 1 N–H and O–H groups in total. The molecule has 31 heavy (non-hydrogen) atoms. The van der Waals surface area contributed by atoms with Gasteiger partial charge in [-0.25, -0.2) is 10.4 Å². The van der Waals surface area contributed by atoms with E-state index in [9.17, 15) is 14.9 Å². The highest BCUT2D eigenvalue weighted by Crippen LogP contribution is 2.14. The summed E-state index contributed by atoms with van der Waals surface area (Å²) in [6, 6.07) is 13.3. The Labute approximate surface area is 179 Å². The summed E-state index contributed by atoms with van der Waals surface area (Å²) in [4.78, 5) is 28.0. The first-order valence-corrected chi connectivity index (χ1v) is 10.0. The Hall–Kier alpha value is -3.59. The summed E-state index contributed by atoms with van der Waals surface area (Å²) < 4.78 is 7.14. The van der Waals surface area contributed by atoms with Gasteiger partial charge >= 0.3 is 0 Å². The minimum atomic E-state index is -0.449. The van der Waals surface area contributed by atoms with Gasteiger partial charge in [0.25, 0.3) is 11.2 Å². The molecule has 0 saturated carbocycles. The van der Waals surface area contributed by atoms with E-state index in [1.165, 1.54) is 12.1 Å². The first-order valence-electron chi connectivity index (χ1n) is 10.0. The molecule has 0 spiro atoms. The van der Waals surface area contributed by atoms with Crippen molar-refractivity contribution in [1.29, 1.82) is 0 Å². The van der Waals surface area contributed by atoms with E-state index in [-0.39, 0.29) is 17.4 Å². The van der Waals surface area contributed by atoms with Crippen LogP contribution < -0.4 is 11.0 Å². The second-order valence-electron chi connectivity index (χ2n) is 7.30. The van der Waals surface area contributed by atoms with E-state index in [4.69, 9.17) is 4.74 Å². The molecule has 2 aromatic carbocycles. The number of benzene rings is 2. The van der Waals surface area contributed by atoms with Crippen LogP contribution in [-0.4, -0.2) is 32.9 Å². The number of para-hydroxylation sites is 1. The molecule has 0 radical (unpaired) electrons. The Morgan fingerprint density at radius 2 is 1.94 bits per heavy atom. The summed E-state index contributed by atoms with van der Waals surface area (Å²) in [5, 5.41) is 15.7. The Kier molecular flexibility index (Phi) is 7.09. The van der Waals surface area contributed by atoms with Crippen molar-refractivity contribution < 1.29 is 9.66 Å². The highest BCUT2D eigenvalue weighted by Gasteiger charge is 2.11.